The molecule has 0 saturated carbocycles. The summed E-state index contributed by atoms with van der Waals surface area (Å²) in [5.41, 5.74) is 1.36. The van der Waals surface area contributed by atoms with Crippen molar-refractivity contribution in [2.45, 2.75) is 33.4 Å². The van der Waals surface area contributed by atoms with Gasteiger partial charge in [-0.15, -0.1) is 0 Å². The average Bonchev–Trinajstić information content (AvgIpc) is 2.61. The highest BCUT2D eigenvalue weighted by atomic mass is 32.2. The number of rotatable bonds is 7. The van der Waals surface area contributed by atoms with Crippen molar-refractivity contribution in [3.8, 4) is 0 Å². The van der Waals surface area contributed by atoms with Crippen molar-refractivity contribution in [1.29, 1.82) is 0 Å². The molecular formula is C13H24N2S. The number of nitrogens with zero attached hydrogens (tertiary/aromatic N) is 1. The van der Waals surface area contributed by atoms with E-state index in [0.717, 1.165) is 12.5 Å². The molecule has 1 unspecified atom stereocenters. The summed E-state index contributed by atoms with van der Waals surface area (Å²) in [6, 6.07) is 2.75. The van der Waals surface area contributed by atoms with Gasteiger partial charge < -0.3 is 9.88 Å². The summed E-state index contributed by atoms with van der Waals surface area (Å²) in [6.45, 7) is 7.78. The number of aryl methyl sites for hydroxylation is 1. The third kappa shape index (κ3) is 5.61. The second-order valence-electron chi connectivity index (χ2n) is 4.90. The summed E-state index contributed by atoms with van der Waals surface area (Å²) in [5, 5.41) is 3.55. The van der Waals surface area contributed by atoms with Gasteiger partial charge in [0.25, 0.3) is 0 Å². The smallest absolute Gasteiger partial charge is 0.0223 e. The number of hydrogen-bond donors (Lipinski definition) is 1. The van der Waals surface area contributed by atoms with Gasteiger partial charge in [0.15, 0.2) is 0 Å². The van der Waals surface area contributed by atoms with E-state index in [2.05, 4.69) is 56.2 Å². The third-order valence-corrected chi connectivity index (χ3v) is 4.00. The highest BCUT2D eigenvalue weighted by Crippen LogP contribution is 2.09. The fourth-order valence-corrected chi connectivity index (χ4v) is 2.58. The Balaban J connectivity index is 2.12. The largest absolute Gasteiger partial charge is 0.357 e. The summed E-state index contributed by atoms with van der Waals surface area (Å²) in [5.74, 6) is 3.26. The lowest BCUT2D eigenvalue weighted by Crippen LogP contribution is -2.27. The van der Waals surface area contributed by atoms with Gasteiger partial charge in [-0.1, -0.05) is 13.8 Å². The van der Waals surface area contributed by atoms with Gasteiger partial charge in [-0.05, 0) is 30.2 Å². The zero-order chi connectivity index (χ0) is 12.0. The minimum Gasteiger partial charge on any atom is -0.357 e. The molecule has 0 aliphatic heterocycles. The van der Waals surface area contributed by atoms with Crippen LogP contribution in [0.4, 0.5) is 0 Å². The van der Waals surface area contributed by atoms with Crippen LogP contribution in [0.5, 0.6) is 0 Å². The minimum absolute atomic E-state index is 0.587. The van der Waals surface area contributed by atoms with E-state index in [1.165, 1.54) is 17.1 Å². The van der Waals surface area contributed by atoms with Crippen LogP contribution in [-0.2, 0) is 13.6 Å². The molecule has 0 spiro atoms. The van der Waals surface area contributed by atoms with E-state index in [1.807, 2.05) is 11.8 Å². The Morgan fingerprint density at radius 2 is 2.06 bits per heavy atom. The predicted molar refractivity (Wildman–Crippen MR) is 73.9 cm³/mol. The molecule has 2 nitrogen and oxygen atoms in total. The van der Waals surface area contributed by atoms with Crippen molar-refractivity contribution < 1.29 is 0 Å². The predicted octanol–water partition coefficient (Wildman–Crippen LogP) is 2.89. The van der Waals surface area contributed by atoms with Gasteiger partial charge in [0.05, 0.1) is 0 Å². The van der Waals surface area contributed by atoms with Crippen LogP contribution < -0.4 is 5.32 Å². The molecule has 0 saturated heterocycles. The summed E-state index contributed by atoms with van der Waals surface area (Å²) in [7, 11) is 2.06. The summed E-state index contributed by atoms with van der Waals surface area (Å²) < 4.78 is 2.09. The molecule has 0 amide bonds. The number of aromatic nitrogens is 1. The van der Waals surface area contributed by atoms with Gasteiger partial charge in [-0.3, -0.25) is 0 Å². The molecule has 1 aromatic rings. The summed E-state index contributed by atoms with van der Waals surface area (Å²) in [4.78, 5) is 0. The molecular weight excluding hydrogens is 216 g/mol. The van der Waals surface area contributed by atoms with Crippen LogP contribution in [0.3, 0.4) is 0 Å². The molecule has 1 aromatic heterocycles. The molecule has 0 radical (unpaired) electrons. The zero-order valence-electron chi connectivity index (χ0n) is 10.9. The number of nitrogens with one attached hydrogen (secondary N) is 1. The van der Waals surface area contributed by atoms with Crippen molar-refractivity contribution in [2.24, 2.45) is 13.0 Å². The van der Waals surface area contributed by atoms with Crippen LogP contribution in [0.1, 0.15) is 26.3 Å². The molecule has 1 rings (SSSR count). The number of hydrogen-bond acceptors (Lipinski definition) is 2. The third-order valence-electron chi connectivity index (χ3n) is 2.37. The second kappa shape index (κ2) is 7.02. The first-order chi connectivity index (χ1) is 7.58. The van der Waals surface area contributed by atoms with Crippen LogP contribution in [0, 0.1) is 5.92 Å². The molecule has 0 bridgehead atoms. The van der Waals surface area contributed by atoms with Gasteiger partial charge in [-0.25, -0.2) is 0 Å². The van der Waals surface area contributed by atoms with Gasteiger partial charge in [0.1, 0.15) is 0 Å². The maximum absolute atomic E-state index is 3.55. The van der Waals surface area contributed by atoms with E-state index in [0.29, 0.717) is 6.04 Å². The maximum Gasteiger partial charge on any atom is 0.0223 e. The molecule has 92 valence electrons. The Bertz CT molecular complexity index is 294. The first kappa shape index (κ1) is 13.7. The topological polar surface area (TPSA) is 17.0 Å². The Morgan fingerprint density at radius 3 is 2.62 bits per heavy atom. The fourth-order valence-electron chi connectivity index (χ4n) is 1.50. The zero-order valence-corrected chi connectivity index (χ0v) is 11.7. The molecule has 3 heteroatoms. The summed E-state index contributed by atoms with van der Waals surface area (Å²) >= 11 is 2.04. The SMILES string of the molecule is CC(C)CSCC(C)NCc1ccn(C)c1. The Morgan fingerprint density at radius 1 is 1.31 bits per heavy atom. The number of thioether (sulfide) groups is 1. The average molecular weight is 240 g/mol. The molecule has 1 atom stereocenters. The van der Waals surface area contributed by atoms with Crippen LogP contribution in [0.2, 0.25) is 0 Å². The van der Waals surface area contributed by atoms with Crippen molar-refractivity contribution in [1.82, 2.24) is 9.88 Å². The van der Waals surface area contributed by atoms with Crippen molar-refractivity contribution in [2.75, 3.05) is 11.5 Å². The molecule has 0 aliphatic rings. The van der Waals surface area contributed by atoms with E-state index < -0.39 is 0 Å². The van der Waals surface area contributed by atoms with Crippen LogP contribution >= 0.6 is 11.8 Å². The van der Waals surface area contributed by atoms with Gasteiger partial charge in [0, 0.05) is 37.8 Å². The molecule has 0 aliphatic carbocycles. The quantitative estimate of drug-likeness (QED) is 0.789. The maximum atomic E-state index is 3.55. The van der Waals surface area contributed by atoms with Crippen LogP contribution in [0.15, 0.2) is 18.5 Å². The Hall–Kier alpha value is -0.410. The highest BCUT2D eigenvalue weighted by molar-refractivity contribution is 7.99. The van der Waals surface area contributed by atoms with E-state index in [-0.39, 0.29) is 0 Å². The lowest BCUT2D eigenvalue weighted by atomic mass is 10.3. The summed E-state index contributed by atoms with van der Waals surface area (Å²) in [6.07, 6.45) is 4.26. The monoisotopic (exact) mass is 240 g/mol. The van der Waals surface area contributed by atoms with E-state index in [1.54, 1.807) is 0 Å². The lowest BCUT2D eigenvalue weighted by Gasteiger charge is -2.13. The minimum atomic E-state index is 0.587. The van der Waals surface area contributed by atoms with Crippen molar-refractivity contribution >= 4 is 11.8 Å². The first-order valence-corrected chi connectivity index (χ1v) is 7.15. The van der Waals surface area contributed by atoms with Gasteiger partial charge in [-0.2, -0.15) is 11.8 Å². The van der Waals surface area contributed by atoms with Gasteiger partial charge >= 0.3 is 0 Å². The molecule has 1 heterocycles. The molecule has 16 heavy (non-hydrogen) atoms. The molecule has 1 N–H and O–H groups in total. The molecule has 0 aromatic carbocycles. The Kier molecular flexibility index (Phi) is 5.99. The van der Waals surface area contributed by atoms with Crippen LogP contribution in [0.25, 0.3) is 0 Å². The second-order valence-corrected chi connectivity index (χ2v) is 5.97. The normalized spacial score (nSPS) is 13.3. The highest BCUT2D eigenvalue weighted by Gasteiger charge is 2.03. The van der Waals surface area contributed by atoms with Crippen LogP contribution in [-0.4, -0.2) is 22.1 Å². The molecule has 0 fully saturated rings. The Labute approximate surface area is 104 Å². The van der Waals surface area contributed by atoms with Gasteiger partial charge in [0.2, 0.25) is 0 Å². The van der Waals surface area contributed by atoms with Crippen molar-refractivity contribution in [3.05, 3.63) is 24.0 Å². The lowest BCUT2D eigenvalue weighted by molar-refractivity contribution is 0.594. The van der Waals surface area contributed by atoms with E-state index >= 15 is 0 Å². The standard InChI is InChI=1S/C13H24N2S/c1-11(2)9-16-10-12(3)14-7-13-5-6-15(4)8-13/h5-6,8,11-12,14H,7,9-10H2,1-4H3. The van der Waals surface area contributed by atoms with Crippen molar-refractivity contribution in [3.63, 3.8) is 0 Å². The fraction of sp³-hybridized carbons (Fsp3) is 0.692. The first-order valence-electron chi connectivity index (χ1n) is 6.00. The van der Waals surface area contributed by atoms with E-state index in [4.69, 9.17) is 0 Å². The van der Waals surface area contributed by atoms with E-state index in [9.17, 15) is 0 Å².